The van der Waals surface area contributed by atoms with Gasteiger partial charge in [-0.15, -0.1) is 0 Å². The maximum absolute atomic E-state index is 13.2. The van der Waals surface area contributed by atoms with Gasteiger partial charge in [0.15, 0.2) is 29.8 Å². The lowest BCUT2D eigenvalue weighted by molar-refractivity contribution is -0.177. The van der Waals surface area contributed by atoms with Crippen LogP contribution in [0.4, 0.5) is 0 Å². The smallest absolute Gasteiger partial charge is 0.347 e. The van der Waals surface area contributed by atoms with Crippen LogP contribution in [0.25, 0.3) is 0 Å². The monoisotopic (exact) mass is 603 g/mol. The van der Waals surface area contributed by atoms with Crippen LogP contribution >= 0.6 is 0 Å². The van der Waals surface area contributed by atoms with Crippen LogP contribution in [0.1, 0.15) is 64.5 Å². The molecule has 0 fully saturated rings. The number of esters is 3. The highest BCUT2D eigenvalue weighted by Crippen LogP contribution is 2.63. The number of benzene rings is 1. The van der Waals surface area contributed by atoms with Crippen molar-refractivity contribution in [1.29, 1.82) is 0 Å². The molecule has 0 saturated heterocycles. The number of nitrogens with one attached hydrogen (secondary N) is 1. The lowest BCUT2D eigenvalue weighted by Crippen LogP contribution is -2.70. The van der Waals surface area contributed by atoms with Crippen molar-refractivity contribution in [2.24, 2.45) is 5.92 Å². The molecule has 1 aromatic rings. The zero-order valence-electron chi connectivity index (χ0n) is 24.7. The molecule has 234 valence electrons. The van der Waals surface area contributed by atoms with E-state index in [2.05, 4.69) is 5.32 Å². The van der Waals surface area contributed by atoms with Crippen LogP contribution in [0.2, 0.25) is 0 Å². The lowest BCUT2D eigenvalue weighted by Gasteiger charge is -2.56. The number of hydrogen-bond donors (Lipinski definition) is 4. The van der Waals surface area contributed by atoms with Gasteiger partial charge in [0, 0.05) is 24.4 Å². The molecule has 0 amide bonds. The molecule has 7 atom stereocenters. The van der Waals surface area contributed by atoms with Gasteiger partial charge in [0.1, 0.15) is 11.5 Å². The number of phenols is 1. The number of carboxylic acid groups (broad SMARTS) is 1. The Morgan fingerprint density at radius 1 is 1.09 bits per heavy atom. The van der Waals surface area contributed by atoms with Crippen LogP contribution in [-0.4, -0.2) is 82.0 Å². The second-order valence-electron chi connectivity index (χ2n) is 11.3. The van der Waals surface area contributed by atoms with E-state index >= 15 is 0 Å². The maximum atomic E-state index is 13.2. The van der Waals surface area contributed by atoms with Crippen LogP contribution in [0.5, 0.6) is 11.5 Å². The summed E-state index contributed by atoms with van der Waals surface area (Å²) >= 11 is 0. The van der Waals surface area contributed by atoms with E-state index in [0.717, 1.165) is 12.5 Å². The first-order valence-electron chi connectivity index (χ1n) is 14.2. The second-order valence-corrected chi connectivity index (χ2v) is 11.3. The number of aliphatic carboxylic acids is 1. The highest BCUT2D eigenvalue weighted by Gasteiger charge is 2.69. The Bertz CT molecular complexity index is 1370. The molecule has 4 rings (SSSR count). The summed E-state index contributed by atoms with van der Waals surface area (Å²) in [5.74, 6) is -5.93. The number of Topliss-reactive ketones (excluding diaryl/α,β-unsaturated/α-hetero) is 1. The van der Waals surface area contributed by atoms with E-state index in [1.165, 1.54) is 19.9 Å². The molecule has 1 aliphatic heterocycles. The van der Waals surface area contributed by atoms with Gasteiger partial charge in [0.25, 0.3) is 0 Å². The topological polar surface area (TPSA) is 195 Å². The molecular weight excluding hydrogens is 566 g/mol. The van der Waals surface area contributed by atoms with E-state index in [4.69, 9.17) is 24.1 Å². The number of carbonyl (C=O) groups excluding carboxylic acids is 4. The normalized spacial score (nSPS) is 27.0. The Kier molecular flexibility index (Phi) is 8.89. The van der Waals surface area contributed by atoms with E-state index in [1.807, 2.05) is 6.92 Å². The fourth-order valence-corrected chi connectivity index (χ4v) is 6.58. The standard InChI is InChI=1S/C30H37NO12/c1-6-29-23-17-7-8-19(33)24(23)43-25(29)20(9-10-30(29,39)21(12-17)31-5)42-22(34)13-18(11-14(2)32)28(38)41-16(4)27(37)40-15(3)26(35)36/h7-9,15-16,18,21,25,31,33,39H,6,10-13H2,1-5H3,(H,35,36)/t15-,16-,18-,21+,25-,29-,30+/m0/s1. The number of ether oxygens (including phenoxy) is 4. The molecule has 3 aliphatic rings. The maximum Gasteiger partial charge on any atom is 0.347 e. The number of hydrogen-bond acceptors (Lipinski definition) is 12. The second kappa shape index (κ2) is 12.0. The van der Waals surface area contributed by atoms with Gasteiger partial charge < -0.3 is 44.4 Å². The van der Waals surface area contributed by atoms with E-state index < -0.39 is 71.3 Å². The number of carboxylic acids is 1. The first-order valence-corrected chi connectivity index (χ1v) is 14.2. The summed E-state index contributed by atoms with van der Waals surface area (Å²) in [5, 5.41) is 34.9. The van der Waals surface area contributed by atoms with Crippen molar-refractivity contribution >= 4 is 29.7 Å². The predicted molar refractivity (Wildman–Crippen MR) is 147 cm³/mol. The fraction of sp³-hybridized carbons (Fsp3) is 0.567. The predicted octanol–water partition coefficient (Wildman–Crippen LogP) is 1.44. The lowest BCUT2D eigenvalue weighted by atomic mass is 9.52. The van der Waals surface area contributed by atoms with Gasteiger partial charge in [-0.1, -0.05) is 13.0 Å². The number of carbonyl (C=O) groups is 5. The van der Waals surface area contributed by atoms with Crippen molar-refractivity contribution in [2.45, 2.75) is 95.2 Å². The van der Waals surface area contributed by atoms with Gasteiger partial charge >= 0.3 is 23.9 Å². The minimum Gasteiger partial charge on any atom is -0.504 e. The van der Waals surface area contributed by atoms with E-state index in [0.29, 0.717) is 18.4 Å². The molecular formula is C30H37NO12. The number of ketones is 1. The van der Waals surface area contributed by atoms with Gasteiger partial charge in [0.05, 0.1) is 23.4 Å². The average Bonchev–Trinajstić information content (AvgIpc) is 3.32. The summed E-state index contributed by atoms with van der Waals surface area (Å²) in [6, 6.07) is 2.96. The Morgan fingerprint density at radius 2 is 1.77 bits per heavy atom. The molecule has 0 radical (unpaired) electrons. The Labute approximate surface area is 248 Å². The summed E-state index contributed by atoms with van der Waals surface area (Å²) in [6.45, 7) is 5.42. The van der Waals surface area contributed by atoms with Crippen molar-refractivity contribution in [3.8, 4) is 11.5 Å². The van der Waals surface area contributed by atoms with Crippen LogP contribution in [-0.2, 0) is 50.0 Å². The molecule has 0 aromatic heterocycles. The Hall–Kier alpha value is -3.97. The molecule has 13 nitrogen and oxygen atoms in total. The third kappa shape index (κ3) is 5.47. The van der Waals surface area contributed by atoms with Crippen molar-refractivity contribution in [3.05, 3.63) is 35.1 Å². The third-order valence-corrected chi connectivity index (χ3v) is 8.68. The molecule has 0 saturated carbocycles. The fourth-order valence-electron chi connectivity index (χ4n) is 6.58. The van der Waals surface area contributed by atoms with Gasteiger partial charge in [-0.25, -0.2) is 9.59 Å². The van der Waals surface area contributed by atoms with Gasteiger partial charge in [0.2, 0.25) is 0 Å². The van der Waals surface area contributed by atoms with Crippen molar-refractivity contribution in [1.82, 2.24) is 5.32 Å². The summed E-state index contributed by atoms with van der Waals surface area (Å²) in [4.78, 5) is 61.1. The zero-order valence-corrected chi connectivity index (χ0v) is 24.7. The van der Waals surface area contributed by atoms with Crippen LogP contribution in [0, 0.1) is 5.92 Å². The minimum absolute atomic E-state index is 0.101. The number of aromatic hydroxyl groups is 1. The van der Waals surface area contributed by atoms with Crippen molar-refractivity contribution in [3.63, 3.8) is 0 Å². The van der Waals surface area contributed by atoms with Crippen molar-refractivity contribution < 1.29 is 58.2 Å². The van der Waals surface area contributed by atoms with Gasteiger partial charge in [-0.3, -0.25) is 9.59 Å². The molecule has 2 aliphatic carbocycles. The molecule has 0 bridgehead atoms. The number of aliphatic hydroxyl groups is 1. The highest BCUT2D eigenvalue weighted by atomic mass is 16.6. The number of rotatable bonds is 12. The molecule has 1 heterocycles. The Balaban J connectivity index is 1.55. The molecule has 0 unspecified atom stereocenters. The minimum atomic E-state index is -1.50. The van der Waals surface area contributed by atoms with Crippen LogP contribution < -0.4 is 10.1 Å². The third-order valence-electron chi connectivity index (χ3n) is 8.68. The molecule has 43 heavy (non-hydrogen) atoms. The van der Waals surface area contributed by atoms with Gasteiger partial charge in [-0.2, -0.15) is 0 Å². The molecule has 13 heteroatoms. The van der Waals surface area contributed by atoms with Crippen LogP contribution in [0.15, 0.2) is 24.0 Å². The first-order chi connectivity index (χ1) is 20.2. The first kappa shape index (κ1) is 32.0. The molecule has 1 aromatic carbocycles. The SMILES string of the molecule is CC[C@]12c3c4ccc(O)c3O[C@H]1C(OC(=O)C[C@H](CC(C)=O)C(=O)O[C@@H](C)C(=O)O[C@@H](C)C(=O)O)=CC[C@@]2(O)[C@H](NC)C4. The molecule has 4 N–H and O–H groups in total. The number of likely N-dealkylation sites (N-methyl/N-ethyl adjacent to an activating group) is 1. The number of phenolic OH excluding ortho intramolecular Hbond substituents is 1. The van der Waals surface area contributed by atoms with E-state index in [-0.39, 0.29) is 36.1 Å². The summed E-state index contributed by atoms with van der Waals surface area (Å²) < 4.78 is 21.8. The highest BCUT2D eigenvalue weighted by molar-refractivity contribution is 5.88. The van der Waals surface area contributed by atoms with Gasteiger partial charge in [-0.05, 0) is 58.4 Å². The van der Waals surface area contributed by atoms with E-state index in [9.17, 15) is 34.2 Å². The summed E-state index contributed by atoms with van der Waals surface area (Å²) in [5.41, 5.74) is -0.838. The summed E-state index contributed by atoms with van der Waals surface area (Å²) in [6.07, 6.45) is -2.35. The quantitative estimate of drug-likeness (QED) is 0.198. The van der Waals surface area contributed by atoms with Crippen molar-refractivity contribution in [2.75, 3.05) is 7.05 Å². The molecule has 0 spiro atoms. The summed E-state index contributed by atoms with van der Waals surface area (Å²) in [7, 11) is 1.75. The largest absolute Gasteiger partial charge is 0.504 e. The zero-order chi connectivity index (χ0) is 31.9. The van der Waals surface area contributed by atoms with E-state index in [1.54, 1.807) is 19.2 Å². The average molecular weight is 604 g/mol. The Morgan fingerprint density at radius 3 is 2.37 bits per heavy atom. The van der Waals surface area contributed by atoms with Crippen LogP contribution in [0.3, 0.4) is 0 Å².